The largest absolute Gasteiger partial charge is 0.381 e. The van der Waals surface area contributed by atoms with Crippen LogP contribution in [0.15, 0.2) is 9.05 Å². The van der Waals surface area contributed by atoms with Gasteiger partial charge in [-0.05, 0) is 17.0 Å². The van der Waals surface area contributed by atoms with E-state index in [1.165, 1.54) is 0 Å². The van der Waals surface area contributed by atoms with Crippen molar-refractivity contribution in [2.24, 2.45) is 0 Å². The third kappa shape index (κ3) is 3.76. The van der Waals surface area contributed by atoms with Gasteiger partial charge < -0.3 is 18.5 Å². The molecular formula is C15H24N8O4. The molecular weight excluding hydrogens is 356 g/mol. The van der Waals surface area contributed by atoms with Crippen molar-refractivity contribution in [2.75, 3.05) is 62.6 Å². The van der Waals surface area contributed by atoms with E-state index in [9.17, 15) is 0 Å². The highest BCUT2D eigenvalue weighted by Gasteiger charge is 2.24. The van der Waals surface area contributed by atoms with Gasteiger partial charge in [-0.15, -0.1) is 0 Å². The van der Waals surface area contributed by atoms with Crippen molar-refractivity contribution in [3.8, 4) is 0 Å². The van der Waals surface area contributed by atoms with Crippen molar-refractivity contribution in [1.82, 2.24) is 10.5 Å². The summed E-state index contributed by atoms with van der Waals surface area (Å²) in [7, 11) is 0. The van der Waals surface area contributed by atoms with Crippen molar-refractivity contribution < 1.29 is 28.1 Å². The summed E-state index contributed by atoms with van der Waals surface area (Å²) < 4.78 is 20.9. The highest BCUT2D eigenvalue weighted by Crippen LogP contribution is 1.99. The smallest absolute Gasteiger partial charge is 0.289 e. The summed E-state index contributed by atoms with van der Waals surface area (Å²) in [5.41, 5.74) is 1.58. The van der Waals surface area contributed by atoms with Crippen LogP contribution in [0.2, 0.25) is 0 Å². The van der Waals surface area contributed by atoms with Crippen LogP contribution in [-0.2, 0) is 22.3 Å². The van der Waals surface area contributed by atoms with Crippen molar-refractivity contribution in [1.29, 1.82) is 10.8 Å². The Labute approximate surface area is 154 Å². The second-order valence-electron chi connectivity index (χ2n) is 6.46. The number of rotatable bonds is 6. The number of ether oxygens (including phenoxy) is 2. The maximum absolute atomic E-state index is 8.01. The summed E-state index contributed by atoms with van der Waals surface area (Å²) in [6.07, 6.45) is 1.93. The summed E-state index contributed by atoms with van der Waals surface area (Å²) in [4.78, 5) is 3.35. The van der Waals surface area contributed by atoms with Crippen molar-refractivity contribution in [3.63, 3.8) is 0 Å². The van der Waals surface area contributed by atoms with Gasteiger partial charge >= 0.3 is 0 Å². The first-order valence-corrected chi connectivity index (χ1v) is 9.15. The third-order valence-corrected chi connectivity index (χ3v) is 4.76. The van der Waals surface area contributed by atoms with Crippen molar-refractivity contribution in [2.45, 2.75) is 19.3 Å². The molecule has 2 aliphatic rings. The first-order valence-electron chi connectivity index (χ1n) is 9.15. The van der Waals surface area contributed by atoms with Gasteiger partial charge in [-0.3, -0.25) is 20.8 Å². The number of hydrogen-bond acceptors (Lipinski definition) is 8. The summed E-state index contributed by atoms with van der Waals surface area (Å²) in [5, 5.41) is 28.0. The molecule has 0 saturated carbocycles. The van der Waals surface area contributed by atoms with Crippen LogP contribution in [0.25, 0.3) is 0 Å². The zero-order valence-corrected chi connectivity index (χ0v) is 15.1. The third-order valence-electron chi connectivity index (χ3n) is 4.76. The molecule has 0 atom stereocenters. The van der Waals surface area contributed by atoms with Crippen LogP contribution >= 0.6 is 0 Å². The Bertz CT molecular complexity index is 786. The molecule has 27 heavy (non-hydrogen) atoms. The van der Waals surface area contributed by atoms with E-state index in [1.807, 2.05) is 10.0 Å². The second-order valence-corrected chi connectivity index (χ2v) is 6.46. The summed E-state index contributed by atoms with van der Waals surface area (Å²) in [5.74, 6) is 0. The van der Waals surface area contributed by atoms with Crippen LogP contribution < -0.4 is 41.3 Å². The van der Waals surface area contributed by atoms with Crippen molar-refractivity contribution >= 4 is 0 Å². The maximum atomic E-state index is 8.01. The quantitative estimate of drug-likeness (QED) is 0.492. The average Bonchev–Trinajstić information content (AvgIpc) is 3.26. The molecule has 2 fully saturated rings. The van der Waals surface area contributed by atoms with E-state index in [0.717, 1.165) is 17.8 Å². The first kappa shape index (κ1) is 17.8. The Morgan fingerprint density at radius 3 is 1.56 bits per heavy atom. The Morgan fingerprint density at radius 2 is 1.15 bits per heavy atom. The van der Waals surface area contributed by atoms with Gasteiger partial charge in [-0.1, -0.05) is 9.58 Å². The molecule has 0 bridgehead atoms. The second kappa shape index (κ2) is 7.96. The lowest BCUT2D eigenvalue weighted by Crippen LogP contribution is -2.66. The van der Waals surface area contributed by atoms with E-state index in [1.54, 1.807) is 9.58 Å². The molecule has 4 heterocycles. The van der Waals surface area contributed by atoms with Crippen molar-refractivity contribution in [3.05, 3.63) is 22.5 Å². The topological polar surface area (TPSA) is 135 Å². The summed E-state index contributed by atoms with van der Waals surface area (Å²) >= 11 is 0. The SMILES string of the molecule is N=c1o[n-][n+](N2CCOCC2)c1CCCc1c(=N)o[n-][n+]1N1CCOCC1. The molecule has 0 radical (unpaired) electrons. The van der Waals surface area contributed by atoms with E-state index >= 15 is 0 Å². The minimum Gasteiger partial charge on any atom is -0.381 e. The van der Waals surface area contributed by atoms with Gasteiger partial charge in [0.1, 0.15) is 0 Å². The molecule has 12 nitrogen and oxygen atoms in total. The van der Waals surface area contributed by atoms with E-state index in [4.69, 9.17) is 29.3 Å². The molecule has 0 unspecified atom stereocenters. The molecule has 2 saturated heterocycles. The van der Waals surface area contributed by atoms with Gasteiger partial charge in [0.05, 0.1) is 26.4 Å². The molecule has 4 rings (SSSR count). The van der Waals surface area contributed by atoms with Gasteiger partial charge in [-0.2, -0.15) is 0 Å². The van der Waals surface area contributed by atoms with Crippen LogP contribution in [0.1, 0.15) is 17.8 Å². The Kier molecular flexibility index (Phi) is 5.25. The normalized spacial score (nSPS) is 18.2. The lowest BCUT2D eigenvalue weighted by molar-refractivity contribution is -0.772. The maximum Gasteiger partial charge on any atom is 0.289 e. The fourth-order valence-corrected chi connectivity index (χ4v) is 3.33. The Hall–Kier alpha value is -2.60. The van der Waals surface area contributed by atoms with Crippen LogP contribution in [0, 0.1) is 10.8 Å². The number of nitrogens with one attached hydrogen (secondary N) is 2. The highest BCUT2D eigenvalue weighted by atomic mass is 16.5. The fraction of sp³-hybridized carbons (Fsp3) is 0.733. The molecule has 148 valence electrons. The fourth-order valence-electron chi connectivity index (χ4n) is 3.33. The minimum atomic E-state index is 0.0685. The zero-order valence-electron chi connectivity index (χ0n) is 15.1. The highest BCUT2D eigenvalue weighted by molar-refractivity contribution is 4.88. The lowest BCUT2D eigenvalue weighted by Gasteiger charge is -2.28. The minimum absolute atomic E-state index is 0.0685. The molecule has 0 aromatic carbocycles. The number of morpholine rings is 2. The Morgan fingerprint density at radius 1 is 0.741 bits per heavy atom. The number of aromatic nitrogens is 4. The molecule has 2 N–H and O–H groups in total. The number of hydrogen-bond donors (Lipinski definition) is 2. The van der Waals surface area contributed by atoms with Gasteiger partial charge in [0.2, 0.25) is 0 Å². The molecule has 12 heteroatoms. The predicted molar refractivity (Wildman–Crippen MR) is 85.7 cm³/mol. The standard InChI is InChI=1S/C15H24N8O4/c16-14-12(22(18-26-14)20-4-8-24-9-5-20)2-1-3-13-15(17)27-19-23(13)21-6-10-25-11-7-21/h16-17H,1-11H2. The molecule has 2 aliphatic heterocycles. The first-order chi connectivity index (χ1) is 13.2. The van der Waals surface area contributed by atoms with Gasteiger partial charge in [-0.25, -0.2) is 0 Å². The zero-order chi connectivity index (χ0) is 18.6. The van der Waals surface area contributed by atoms with Gasteiger partial charge in [0.25, 0.3) is 22.5 Å². The van der Waals surface area contributed by atoms with Crippen LogP contribution in [0.3, 0.4) is 0 Å². The van der Waals surface area contributed by atoms with E-state index < -0.39 is 0 Å². The van der Waals surface area contributed by atoms with Crippen LogP contribution in [-0.4, -0.2) is 52.6 Å². The predicted octanol–water partition coefficient (Wildman–Crippen LogP) is -3.57. The summed E-state index contributed by atoms with van der Waals surface area (Å²) in [6.45, 7) is 5.38. The molecule has 0 aliphatic carbocycles. The number of nitrogens with zero attached hydrogens (tertiary/aromatic N) is 6. The molecule has 0 spiro atoms. The molecule has 0 amide bonds. The van der Waals surface area contributed by atoms with E-state index in [-0.39, 0.29) is 11.1 Å². The van der Waals surface area contributed by atoms with Crippen LogP contribution in [0.5, 0.6) is 0 Å². The Balaban J connectivity index is 1.44. The van der Waals surface area contributed by atoms with E-state index in [0.29, 0.717) is 65.4 Å². The molecule has 2 aromatic rings. The van der Waals surface area contributed by atoms with Gasteiger partial charge in [0, 0.05) is 39.0 Å². The van der Waals surface area contributed by atoms with E-state index in [2.05, 4.69) is 10.5 Å². The molecule has 2 aromatic heterocycles. The van der Waals surface area contributed by atoms with Gasteiger partial charge in [0.15, 0.2) is 0 Å². The average molecular weight is 380 g/mol. The summed E-state index contributed by atoms with van der Waals surface area (Å²) in [6, 6.07) is 0. The van der Waals surface area contributed by atoms with Crippen LogP contribution in [0.4, 0.5) is 0 Å². The lowest BCUT2D eigenvalue weighted by atomic mass is 10.1. The monoisotopic (exact) mass is 380 g/mol.